The molecular formula is C14H10ClF2N3O2. The van der Waals surface area contributed by atoms with Crippen LogP contribution in [0.25, 0.3) is 0 Å². The van der Waals surface area contributed by atoms with E-state index in [4.69, 9.17) is 17.3 Å². The number of halogens is 3. The standard InChI is InChI=1S/C14H10ClF2N3O2/c15-9-6-8(18)2-4-11(9)19-13(21)14(22)20-12-3-1-7(16)5-10(12)17/h1-6H,18H2,(H,19,21)(H,20,22). The quantitative estimate of drug-likeness (QED) is 0.586. The number of rotatable bonds is 2. The van der Waals surface area contributed by atoms with Crippen LogP contribution in [0.1, 0.15) is 0 Å². The van der Waals surface area contributed by atoms with Crippen molar-refractivity contribution in [2.24, 2.45) is 0 Å². The lowest BCUT2D eigenvalue weighted by Gasteiger charge is -2.09. The molecule has 0 radical (unpaired) electrons. The van der Waals surface area contributed by atoms with Gasteiger partial charge in [-0.1, -0.05) is 11.6 Å². The summed E-state index contributed by atoms with van der Waals surface area (Å²) in [7, 11) is 0. The van der Waals surface area contributed by atoms with Crippen LogP contribution in [-0.2, 0) is 9.59 Å². The third kappa shape index (κ3) is 3.70. The first-order chi connectivity index (χ1) is 10.4. The van der Waals surface area contributed by atoms with Crippen molar-refractivity contribution in [3.8, 4) is 0 Å². The first-order valence-corrected chi connectivity index (χ1v) is 6.37. The fourth-order valence-corrected chi connectivity index (χ4v) is 1.82. The predicted octanol–water partition coefficient (Wildman–Crippen LogP) is 2.78. The Kier molecular flexibility index (Phi) is 4.57. The number of amides is 2. The van der Waals surface area contributed by atoms with E-state index in [1.807, 2.05) is 5.32 Å². The molecule has 8 heteroatoms. The van der Waals surface area contributed by atoms with Crippen molar-refractivity contribution >= 4 is 40.5 Å². The van der Waals surface area contributed by atoms with Crippen LogP contribution >= 0.6 is 11.6 Å². The summed E-state index contributed by atoms with van der Waals surface area (Å²) in [6.07, 6.45) is 0. The number of hydrogen-bond donors (Lipinski definition) is 3. The van der Waals surface area contributed by atoms with Crippen molar-refractivity contribution in [2.45, 2.75) is 0 Å². The third-order valence-corrected chi connectivity index (χ3v) is 2.94. The van der Waals surface area contributed by atoms with Gasteiger partial charge < -0.3 is 16.4 Å². The van der Waals surface area contributed by atoms with Crippen molar-refractivity contribution in [2.75, 3.05) is 16.4 Å². The highest BCUT2D eigenvalue weighted by Crippen LogP contribution is 2.24. The topological polar surface area (TPSA) is 84.2 Å². The molecule has 0 saturated carbocycles. The Bertz CT molecular complexity index is 689. The maximum absolute atomic E-state index is 13.4. The Morgan fingerprint density at radius 3 is 2.14 bits per heavy atom. The molecule has 2 aromatic rings. The minimum absolute atomic E-state index is 0.147. The van der Waals surface area contributed by atoms with Gasteiger partial charge in [-0.25, -0.2) is 8.78 Å². The Balaban J connectivity index is 2.07. The molecule has 0 atom stereocenters. The van der Waals surface area contributed by atoms with Crippen LogP contribution in [0.5, 0.6) is 0 Å². The van der Waals surface area contributed by atoms with Crippen LogP contribution in [0.15, 0.2) is 36.4 Å². The molecule has 2 aromatic carbocycles. The zero-order valence-electron chi connectivity index (χ0n) is 11.0. The van der Waals surface area contributed by atoms with Crippen LogP contribution in [-0.4, -0.2) is 11.8 Å². The minimum Gasteiger partial charge on any atom is -0.399 e. The summed E-state index contributed by atoms with van der Waals surface area (Å²) in [5, 5.41) is 4.43. The first kappa shape index (κ1) is 15.7. The van der Waals surface area contributed by atoms with E-state index < -0.39 is 23.4 Å². The highest BCUT2D eigenvalue weighted by molar-refractivity contribution is 6.44. The van der Waals surface area contributed by atoms with Gasteiger partial charge in [0.05, 0.1) is 16.4 Å². The highest BCUT2D eigenvalue weighted by atomic mass is 35.5. The summed E-state index contributed by atoms with van der Waals surface area (Å²) in [6.45, 7) is 0. The normalized spacial score (nSPS) is 10.1. The molecule has 2 rings (SSSR count). The maximum Gasteiger partial charge on any atom is 0.314 e. The van der Waals surface area contributed by atoms with E-state index in [1.54, 1.807) is 0 Å². The van der Waals surface area contributed by atoms with Gasteiger partial charge in [-0.2, -0.15) is 0 Å². The summed E-state index contributed by atoms with van der Waals surface area (Å²) < 4.78 is 26.1. The number of nitrogen functional groups attached to an aromatic ring is 1. The van der Waals surface area contributed by atoms with E-state index in [2.05, 4.69) is 5.32 Å². The van der Waals surface area contributed by atoms with E-state index >= 15 is 0 Å². The monoisotopic (exact) mass is 325 g/mol. The zero-order chi connectivity index (χ0) is 16.3. The zero-order valence-corrected chi connectivity index (χ0v) is 11.7. The van der Waals surface area contributed by atoms with Gasteiger partial charge in [0.1, 0.15) is 11.6 Å². The summed E-state index contributed by atoms with van der Waals surface area (Å²) in [5.74, 6) is -3.98. The van der Waals surface area contributed by atoms with Gasteiger partial charge in [-0.3, -0.25) is 9.59 Å². The molecule has 0 aliphatic carbocycles. The molecule has 4 N–H and O–H groups in total. The number of nitrogens with two attached hydrogens (primary N) is 1. The van der Waals surface area contributed by atoms with E-state index in [1.165, 1.54) is 18.2 Å². The Morgan fingerprint density at radius 1 is 0.955 bits per heavy atom. The maximum atomic E-state index is 13.4. The number of anilines is 3. The molecule has 5 nitrogen and oxygen atoms in total. The van der Waals surface area contributed by atoms with Gasteiger partial charge >= 0.3 is 11.8 Å². The summed E-state index contributed by atoms with van der Waals surface area (Å²) in [4.78, 5) is 23.4. The van der Waals surface area contributed by atoms with Gasteiger partial charge in [0.15, 0.2) is 0 Å². The first-order valence-electron chi connectivity index (χ1n) is 5.99. The molecule has 2 amide bonds. The van der Waals surface area contributed by atoms with E-state index in [-0.39, 0.29) is 16.4 Å². The number of carbonyl (C=O) groups excluding carboxylic acids is 2. The lowest BCUT2D eigenvalue weighted by molar-refractivity contribution is -0.133. The molecule has 114 valence electrons. The SMILES string of the molecule is Nc1ccc(NC(=O)C(=O)Nc2ccc(F)cc2F)c(Cl)c1. The molecule has 0 aromatic heterocycles. The number of hydrogen-bond acceptors (Lipinski definition) is 3. The second-order valence-corrected chi connectivity index (χ2v) is 4.68. The molecule has 0 bridgehead atoms. The summed E-state index contributed by atoms with van der Waals surface area (Å²) in [5.41, 5.74) is 5.75. The van der Waals surface area contributed by atoms with Gasteiger partial charge in [0, 0.05) is 11.8 Å². The van der Waals surface area contributed by atoms with Gasteiger partial charge in [0.25, 0.3) is 0 Å². The van der Waals surface area contributed by atoms with Crippen LogP contribution in [0.4, 0.5) is 25.8 Å². The van der Waals surface area contributed by atoms with Crippen molar-refractivity contribution in [3.05, 3.63) is 53.1 Å². The second kappa shape index (κ2) is 6.40. The largest absolute Gasteiger partial charge is 0.399 e. The van der Waals surface area contributed by atoms with E-state index in [0.717, 1.165) is 12.1 Å². The summed E-state index contributed by atoms with van der Waals surface area (Å²) >= 11 is 5.85. The predicted molar refractivity (Wildman–Crippen MR) is 79.5 cm³/mol. The second-order valence-electron chi connectivity index (χ2n) is 4.27. The Hall–Kier alpha value is -2.67. The average Bonchev–Trinajstić information content (AvgIpc) is 2.44. The Morgan fingerprint density at radius 2 is 1.55 bits per heavy atom. The van der Waals surface area contributed by atoms with Gasteiger partial charge in [-0.05, 0) is 30.3 Å². The van der Waals surface area contributed by atoms with E-state index in [9.17, 15) is 18.4 Å². The van der Waals surface area contributed by atoms with Crippen molar-refractivity contribution in [1.82, 2.24) is 0 Å². The molecule has 0 unspecified atom stereocenters. The van der Waals surface area contributed by atoms with Crippen LogP contribution in [0, 0.1) is 11.6 Å². The molecule has 0 aliphatic rings. The molecular weight excluding hydrogens is 316 g/mol. The minimum atomic E-state index is -1.13. The van der Waals surface area contributed by atoms with Crippen LogP contribution < -0.4 is 16.4 Å². The fourth-order valence-electron chi connectivity index (χ4n) is 1.58. The molecule has 0 saturated heterocycles. The molecule has 0 spiro atoms. The smallest absolute Gasteiger partial charge is 0.314 e. The molecule has 0 aliphatic heterocycles. The number of carbonyl (C=O) groups is 2. The van der Waals surface area contributed by atoms with Crippen LogP contribution in [0.3, 0.4) is 0 Å². The highest BCUT2D eigenvalue weighted by Gasteiger charge is 2.17. The third-order valence-electron chi connectivity index (χ3n) is 2.63. The molecule has 0 fully saturated rings. The van der Waals surface area contributed by atoms with Gasteiger partial charge in [-0.15, -0.1) is 0 Å². The van der Waals surface area contributed by atoms with Crippen LogP contribution in [0.2, 0.25) is 5.02 Å². The lowest BCUT2D eigenvalue weighted by Crippen LogP contribution is -2.29. The van der Waals surface area contributed by atoms with E-state index in [0.29, 0.717) is 11.8 Å². The average molecular weight is 326 g/mol. The Labute approximate surface area is 129 Å². The molecule has 0 heterocycles. The fraction of sp³-hybridized carbons (Fsp3) is 0. The number of nitrogens with one attached hydrogen (secondary N) is 2. The summed E-state index contributed by atoms with van der Waals surface area (Å²) in [6, 6.07) is 6.85. The van der Waals surface area contributed by atoms with Crippen molar-refractivity contribution in [3.63, 3.8) is 0 Å². The molecule has 22 heavy (non-hydrogen) atoms. The number of benzene rings is 2. The lowest BCUT2D eigenvalue weighted by atomic mass is 10.2. The van der Waals surface area contributed by atoms with Gasteiger partial charge in [0.2, 0.25) is 0 Å². The van der Waals surface area contributed by atoms with Crippen molar-refractivity contribution < 1.29 is 18.4 Å². The van der Waals surface area contributed by atoms with Crippen molar-refractivity contribution in [1.29, 1.82) is 0 Å².